The Labute approximate surface area is 188 Å². The second-order valence-electron chi connectivity index (χ2n) is 8.77. The third-order valence-electron chi connectivity index (χ3n) is 6.85. The van der Waals surface area contributed by atoms with E-state index in [2.05, 4.69) is 35.4 Å². The van der Waals surface area contributed by atoms with Gasteiger partial charge in [-0.3, -0.25) is 9.48 Å². The monoisotopic (exact) mass is 431 g/mol. The van der Waals surface area contributed by atoms with E-state index in [1.54, 1.807) is 14.2 Å². The van der Waals surface area contributed by atoms with Crippen LogP contribution < -0.4 is 9.47 Å². The highest BCUT2D eigenvalue weighted by atomic mass is 16.5. The normalized spacial score (nSPS) is 15.4. The molecule has 0 unspecified atom stereocenters. The summed E-state index contributed by atoms with van der Waals surface area (Å²) in [5.74, 6) is 2.07. The summed E-state index contributed by atoms with van der Waals surface area (Å²) in [6.07, 6.45) is 3.83. The number of piperidine rings is 1. The third kappa shape index (κ3) is 3.53. The summed E-state index contributed by atoms with van der Waals surface area (Å²) >= 11 is 0. The van der Waals surface area contributed by atoms with Crippen molar-refractivity contribution in [2.45, 2.75) is 25.7 Å². The molecule has 3 aromatic rings. The minimum atomic E-state index is 0.0479. The van der Waals surface area contributed by atoms with Gasteiger partial charge in [0.1, 0.15) is 0 Å². The molecule has 2 heterocycles. The molecule has 0 saturated carbocycles. The quantitative estimate of drug-likeness (QED) is 0.477. The molecule has 2 aromatic carbocycles. The van der Waals surface area contributed by atoms with Crippen molar-refractivity contribution in [1.29, 1.82) is 0 Å². The summed E-state index contributed by atoms with van der Waals surface area (Å²) in [6.45, 7) is 1.58. The molecule has 0 spiro atoms. The molecule has 0 radical (unpaired) electrons. The molecule has 1 fully saturated rings. The fourth-order valence-corrected chi connectivity index (χ4v) is 5.16. The Balaban J connectivity index is 1.33. The van der Waals surface area contributed by atoms with Crippen LogP contribution in [-0.2, 0) is 19.9 Å². The average molecular weight is 432 g/mol. The lowest BCUT2D eigenvalue weighted by molar-refractivity contribution is 0.0683. The van der Waals surface area contributed by atoms with E-state index in [4.69, 9.17) is 9.47 Å². The van der Waals surface area contributed by atoms with Gasteiger partial charge in [-0.2, -0.15) is 5.10 Å². The number of likely N-dealkylation sites (tertiary alicyclic amines) is 1. The van der Waals surface area contributed by atoms with Gasteiger partial charge in [-0.1, -0.05) is 30.3 Å². The van der Waals surface area contributed by atoms with E-state index in [1.807, 2.05) is 28.8 Å². The molecule has 1 aliphatic heterocycles. The van der Waals surface area contributed by atoms with Crippen LogP contribution in [0.5, 0.6) is 11.5 Å². The van der Waals surface area contributed by atoms with E-state index >= 15 is 0 Å². The van der Waals surface area contributed by atoms with Crippen LogP contribution in [0, 0.1) is 5.92 Å². The number of hydrogen-bond acceptors (Lipinski definition) is 4. The predicted molar refractivity (Wildman–Crippen MR) is 123 cm³/mol. The van der Waals surface area contributed by atoms with E-state index in [-0.39, 0.29) is 5.91 Å². The Morgan fingerprint density at radius 2 is 1.75 bits per heavy atom. The van der Waals surface area contributed by atoms with Gasteiger partial charge < -0.3 is 14.4 Å². The van der Waals surface area contributed by atoms with E-state index in [1.165, 1.54) is 5.56 Å². The SMILES string of the molecule is COc1cc2c(cc1OC)-c1c(c(C(=O)N3CCC(Cc4ccccc4)CC3)nn1C)C2. The molecular weight excluding hydrogens is 402 g/mol. The van der Waals surface area contributed by atoms with Gasteiger partial charge in [-0.05, 0) is 48.4 Å². The van der Waals surface area contributed by atoms with E-state index in [0.717, 1.165) is 54.7 Å². The zero-order chi connectivity index (χ0) is 22.2. The first-order chi connectivity index (χ1) is 15.6. The maximum absolute atomic E-state index is 13.4. The largest absolute Gasteiger partial charge is 0.493 e. The number of nitrogens with zero attached hydrogens (tertiary/aromatic N) is 3. The van der Waals surface area contributed by atoms with Crippen molar-refractivity contribution in [3.63, 3.8) is 0 Å². The minimum Gasteiger partial charge on any atom is -0.493 e. The first-order valence-electron chi connectivity index (χ1n) is 11.2. The number of aryl methyl sites for hydroxylation is 1. The highest BCUT2D eigenvalue weighted by Crippen LogP contribution is 2.44. The molecule has 5 rings (SSSR count). The fraction of sp³-hybridized carbons (Fsp3) is 0.385. The van der Waals surface area contributed by atoms with Crippen molar-refractivity contribution in [3.8, 4) is 22.8 Å². The maximum atomic E-state index is 13.4. The van der Waals surface area contributed by atoms with Crippen molar-refractivity contribution in [1.82, 2.24) is 14.7 Å². The van der Waals surface area contributed by atoms with Crippen LogP contribution in [0.25, 0.3) is 11.3 Å². The van der Waals surface area contributed by atoms with E-state index in [0.29, 0.717) is 29.5 Å². The smallest absolute Gasteiger partial charge is 0.274 e. The summed E-state index contributed by atoms with van der Waals surface area (Å²) in [5.41, 5.74) is 6.17. The van der Waals surface area contributed by atoms with Crippen molar-refractivity contribution in [2.24, 2.45) is 13.0 Å². The number of carbonyl (C=O) groups excluding carboxylic acids is 1. The van der Waals surface area contributed by atoms with Gasteiger partial charge in [-0.15, -0.1) is 0 Å². The van der Waals surface area contributed by atoms with Gasteiger partial charge >= 0.3 is 0 Å². The molecule has 166 valence electrons. The van der Waals surface area contributed by atoms with Gasteiger partial charge in [0.05, 0.1) is 19.9 Å². The molecule has 0 bridgehead atoms. The first-order valence-corrected chi connectivity index (χ1v) is 11.2. The second-order valence-corrected chi connectivity index (χ2v) is 8.77. The molecule has 32 heavy (non-hydrogen) atoms. The van der Waals surface area contributed by atoms with Gasteiger partial charge in [0.15, 0.2) is 17.2 Å². The summed E-state index contributed by atoms with van der Waals surface area (Å²) < 4.78 is 12.8. The summed E-state index contributed by atoms with van der Waals surface area (Å²) in [7, 11) is 5.19. The Bertz CT molecular complexity index is 1140. The Hall–Kier alpha value is -3.28. The first kappa shape index (κ1) is 20.6. The Morgan fingerprint density at radius 1 is 1.06 bits per heavy atom. The van der Waals surface area contributed by atoms with Crippen molar-refractivity contribution in [2.75, 3.05) is 27.3 Å². The number of methoxy groups -OCH3 is 2. The highest BCUT2D eigenvalue weighted by molar-refractivity contribution is 5.97. The van der Waals surface area contributed by atoms with Crippen molar-refractivity contribution < 1.29 is 14.3 Å². The Morgan fingerprint density at radius 3 is 2.44 bits per heavy atom. The van der Waals surface area contributed by atoms with E-state index < -0.39 is 0 Å². The Kier molecular flexibility index (Phi) is 5.37. The number of rotatable bonds is 5. The molecule has 1 saturated heterocycles. The average Bonchev–Trinajstić information content (AvgIpc) is 3.35. The van der Waals surface area contributed by atoms with Crippen LogP contribution in [0.15, 0.2) is 42.5 Å². The summed E-state index contributed by atoms with van der Waals surface area (Å²) in [5, 5.41) is 4.64. The molecule has 1 amide bonds. The number of hydrogen-bond donors (Lipinski definition) is 0. The summed E-state index contributed by atoms with van der Waals surface area (Å²) in [4.78, 5) is 15.4. The van der Waals surface area contributed by atoms with Crippen LogP contribution in [0.1, 0.15) is 40.0 Å². The van der Waals surface area contributed by atoms with Crippen LogP contribution in [-0.4, -0.2) is 47.9 Å². The number of benzene rings is 2. The van der Waals surface area contributed by atoms with Crippen molar-refractivity contribution in [3.05, 3.63) is 64.8 Å². The van der Waals surface area contributed by atoms with E-state index in [9.17, 15) is 4.79 Å². The maximum Gasteiger partial charge on any atom is 0.274 e. The number of aromatic nitrogens is 2. The fourth-order valence-electron chi connectivity index (χ4n) is 5.16. The third-order valence-corrected chi connectivity index (χ3v) is 6.85. The lowest BCUT2D eigenvalue weighted by Crippen LogP contribution is -2.39. The summed E-state index contributed by atoms with van der Waals surface area (Å²) in [6, 6.07) is 14.6. The van der Waals surface area contributed by atoms with Crippen LogP contribution in [0.3, 0.4) is 0 Å². The minimum absolute atomic E-state index is 0.0479. The molecule has 6 heteroatoms. The predicted octanol–water partition coefficient (Wildman–Crippen LogP) is 4.10. The van der Waals surface area contributed by atoms with Gasteiger partial charge in [0.25, 0.3) is 5.91 Å². The lowest BCUT2D eigenvalue weighted by atomic mass is 9.90. The molecule has 1 aliphatic carbocycles. The molecule has 6 nitrogen and oxygen atoms in total. The zero-order valence-electron chi connectivity index (χ0n) is 18.9. The molecule has 1 aromatic heterocycles. The van der Waals surface area contributed by atoms with Crippen LogP contribution in [0.4, 0.5) is 0 Å². The second kappa shape index (κ2) is 8.34. The van der Waals surface area contributed by atoms with Gasteiger partial charge in [-0.25, -0.2) is 0 Å². The molecular formula is C26H29N3O3. The van der Waals surface area contributed by atoms with Crippen LogP contribution in [0.2, 0.25) is 0 Å². The number of amides is 1. The lowest BCUT2D eigenvalue weighted by Gasteiger charge is -2.31. The molecule has 0 atom stereocenters. The standard InChI is InChI=1S/C26H29N3O3/c1-28-25-20-16-23(32-3)22(31-2)15-19(20)14-21(25)24(27-28)26(30)29-11-9-18(10-12-29)13-17-7-5-4-6-8-17/h4-8,15-16,18H,9-14H2,1-3H3. The van der Waals surface area contributed by atoms with Gasteiger partial charge in [0, 0.05) is 37.7 Å². The zero-order valence-corrected chi connectivity index (χ0v) is 18.9. The van der Waals surface area contributed by atoms with Crippen LogP contribution >= 0.6 is 0 Å². The number of ether oxygens (including phenoxy) is 2. The van der Waals surface area contributed by atoms with Crippen molar-refractivity contribution >= 4 is 5.91 Å². The molecule has 0 N–H and O–H groups in total. The topological polar surface area (TPSA) is 56.6 Å². The molecule has 2 aliphatic rings. The number of fused-ring (bicyclic) bond motifs is 3. The number of carbonyl (C=O) groups is 1. The van der Waals surface area contributed by atoms with Gasteiger partial charge in [0.2, 0.25) is 0 Å². The highest BCUT2D eigenvalue weighted by Gasteiger charge is 2.33.